The highest BCUT2D eigenvalue weighted by Crippen LogP contribution is 2.33. The fourth-order valence-corrected chi connectivity index (χ4v) is 5.46. The van der Waals surface area contributed by atoms with Gasteiger partial charge in [-0.15, -0.1) is 23.7 Å². The molecule has 0 saturated carbocycles. The molecule has 1 aliphatic rings. The first-order chi connectivity index (χ1) is 13.5. The smallest absolute Gasteiger partial charge is 0.234 e. The molecule has 2 N–H and O–H groups in total. The Kier molecular flexibility index (Phi) is 7.21. The number of nitrogens with one attached hydrogen (secondary N) is 2. The van der Waals surface area contributed by atoms with Crippen LogP contribution in [0.15, 0.2) is 35.8 Å². The minimum Gasteiger partial charge on any atom is -0.361 e. The number of benzene rings is 1. The van der Waals surface area contributed by atoms with Crippen LogP contribution in [0.4, 0.5) is 5.13 Å². The maximum absolute atomic E-state index is 11.6. The summed E-state index contributed by atoms with van der Waals surface area (Å²) in [4.78, 5) is 10.3. The lowest BCUT2D eigenvalue weighted by Crippen LogP contribution is -2.34. The van der Waals surface area contributed by atoms with Crippen LogP contribution in [0.5, 0.6) is 0 Å². The number of rotatable bonds is 7. The first kappa shape index (κ1) is 22.1. The summed E-state index contributed by atoms with van der Waals surface area (Å²) in [5, 5.41) is 3.77. The second kappa shape index (κ2) is 9.47. The van der Waals surface area contributed by atoms with Gasteiger partial charge in [0.15, 0.2) is 5.13 Å². The van der Waals surface area contributed by atoms with Gasteiger partial charge in [0, 0.05) is 35.4 Å². The normalized spacial score (nSPS) is 16.0. The van der Waals surface area contributed by atoms with Crippen molar-refractivity contribution in [3.05, 3.63) is 47.1 Å². The third-order valence-electron chi connectivity index (χ3n) is 5.51. The van der Waals surface area contributed by atoms with E-state index in [1.807, 2.05) is 5.38 Å². The number of halogens is 1. The molecule has 3 heterocycles. The Bertz CT molecular complexity index is 1040. The average molecular weight is 455 g/mol. The minimum absolute atomic E-state index is 0. The number of anilines is 1. The van der Waals surface area contributed by atoms with Gasteiger partial charge in [0.05, 0.1) is 11.4 Å². The topological polar surface area (TPSA) is 78.1 Å². The van der Waals surface area contributed by atoms with Crippen LogP contribution < -0.4 is 4.72 Å². The highest BCUT2D eigenvalue weighted by atomic mass is 35.5. The van der Waals surface area contributed by atoms with E-state index in [2.05, 4.69) is 50.1 Å². The Morgan fingerprint density at radius 3 is 2.79 bits per heavy atom. The number of fused-ring (bicyclic) bond motifs is 1. The van der Waals surface area contributed by atoms with Crippen LogP contribution in [0, 0.1) is 0 Å². The number of para-hydroxylation sites is 1. The minimum atomic E-state index is -3.25. The summed E-state index contributed by atoms with van der Waals surface area (Å²) in [6.45, 7) is 4.76. The van der Waals surface area contributed by atoms with E-state index in [0.29, 0.717) is 11.0 Å². The zero-order valence-electron chi connectivity index (χ0n) is 16.4. The van der Waals surface area contributed by atoms with Gasteiger partial charge in [-0.05, 0) is 50.4 Å². The summed E-state index contributed by atoms with van der Waals surface area (Å²) in [6.07, 6.45) is 5.36. The van der Waals surface area contributed by atoms with Crippen LogP contribution in [0.1, 0.15) is 36.9 Å². The number of nitrogens with zero attached hydrogens (tertiary/aromatic N) is 2. The molecule has 4 rings (SSSR count). The quantitative estimate of drug-likeness (QED) is 0.560. The molecule has 0 atom stereocenters. The number of hydrogen-bond acceptors (Lipinski definition) is 5. The molecular formula is C20H27ClN4O2S2. The third-order valence-corrected chi connectivity index (χ3v) is 7.71. The summed E-state index contributed by atoms with van der Waals surface area (Å²) in [6, 6.07) is 8.52. The highest BCUT2D eigenvalue weighted by Gasteiger charge is 2.22. The van der Waals surface area contributed by atoms with Crippen LogP contribution >= 0.6 is 23.7 Å². The van der Waals surface area contributed by atoms with E-state index in [9.17, 15) is 8.42 Å². The van der Waals surface area contributed by atoms with Gasteiger partial charge in [0.25, 0.3) is 0 Å². The molecule has 0 bridgehead atoms. The summed E-state index contributed by atoms with van der Waals surface area (Å²) in [5.41, 5.74) is 3.62. The molecule has 1 aromatic carbocycles. The predicted molar refractivity (Wildman–Crippen MR) is 123 cm³/mol. The molecule has 0 amide bonds. The molecule has 1 fully saturated rings. The van der Waals surface area contributed by atoms with Crippen molar-refractivity contribution in [2.24, 2.45) is 0 Å². The van der Waals surface area contributed by atoms with Crippen molar-refractivity contribution < 1.29 is 8.42 Å². The van der Waals surface area contributed by atoms with Gasteiger partial charge in [-0.2, -0.15) is 0 Å². The zero-order valence-corrected chi connectivity index (χ0v) is 18.9. The largest absolute Gasteiger partial charge is 0.361 e. The molecule has 9 heteroatoms. The molecule has 1 aliphatic heterocycles. The van der Waals surface area contributed by atoms with Crippen molar-refractivity contribution in [2.45, 2.75) is 32.1 Å². The van der Waals surface area contributed by atoms with E-state index in [1.165, 1.54) is 40.6 Å². The van der Waals surface area contributed by atoms with E-state index in [1.54, 1.807) is 6.92 Å². The van der Waals surface area contributed by atoms with Gasteiger partial charge in [-0.3, -0.25) is 4.72 Å². The zero-order chi connectivity index (χ0) is 19.6. The lowest BCUT2D eigenvalue weighted by atomic mass is 9.89. The van der Waals surface area contributed by atoms with Gasteiger partial charge in [-0.25, -0.2) is 13.4 Å². The van der Waals surface area contributed by atoms with E-state index in [4.69, 9.17) is 0 Å². The standard InChI is InChI=1S/C20H26N4O2S2.ClH/c1-2-28(25,26)23-20-22-16(14-27-20)9-12-24-10-7-15(8-11-24)18-13-21-19-6-4-3-5-17(18)19;/h3-6,13-15,21H,2,7-12H2,1H3,(H,22,23);1H. The molecule has 0 spiro atoms. The van der Waals surface area contributed by atoms with Crippen molar-refractivity contribution in [3.8, 4) is 0 Å². The van der Waals surface area contributed by atoms with Crippen molar-refractivity contribution in [1.29, 1.82) is 0 Å². The predicted octanol–water partition coefficient (Wildman–Crippen LogP) is 4.23. The molecule has 0 aliphatic carbocycles. The summed E-state index contributed by atoms with van der Waals surface area (Å²) in [7, 11) is -3.25. The van der Waals surface area contributed by atoms with E-state index < -0.39 is 10.0 Å². The van der Waals surface area contributed by atoms with Crippen molar-refractivity contribution >= 4 is 49.8 Å². The number of likely N-dealkylation sites (tertiary alicyclic amines) is 1. The second-order valence-corrected chi connectivity index (χ2v) is 10.2. The Labute approximate surface area is 182 Å². The molecule has 2 aromatic heterocycles. The first-order valence-electron chi connectivity index (χ1n) is 9.77. The molecule has 158 valence electrons. The summed E-state index contributed by atoms with van der Waals surface area (Å²) < 4.78 is 25.8. The van der Waals surface area contributed by atoms with Crippen molar-refractivity contribution in [3.63, 3.8) is 0 Å². The number of hydrogen-bond donors (Lipinski definition) is 2. The Balaban J connectivity index is 0.00000240. The highest BCUT2D eigenvalue weighted by molar-refractivity contribution is 7.92. The fraction of sp³-hybridized carbons (Fsp3) is 0.450. The van der Waals surface area contributed by atoms with E-state index >= 15 is 0 Å². The SMILES string of the molecule is CCS(=O)(=O)Nc1nc(CCN2CCC(c3c[nH]c4ccccc34)CC2)cs1.Cl. The molecule has 1 saturated heterocycles. The molecular weight excluding hydrogens is 428 g/mol. The van der Waals surface area contributed by atoms with Crippen LogP contribution in [-0.4, -0.2) is 48.7 Å². The van der Waals surface area contributed by atoms with E-state index in [0.717, 1.165) is 31.7 Å². The molecule has 3 aromatic rings. The van der Waals surface area contributed by atoms with Crippen LogP contribution in [0.3, 0.4) is 0 Å². The van der Waals surface area contributed by atoms with Crippen molar-refractivity contribution in [2.75, 3.05) is 30.1 Å². The summed E-state index contributed by atoms with van der Waals surface area (Å²) >= 11 is 1.35. The first-order valence-corrected chi connectivity index (χ1v) is 12.3. The van der Waals surface area contributed by atoms with E-state index in [-0.39, 0.29) is 18.2 Å². The molecule has 6 nitrogen and oxygen atoms in total. The number of aromatic nitrogens is 2. The number of aromatic amines is 1. The van der Waals surface area contributed by atoms with Crippen molar-refractivity contribution in [1.82, 2.24) is 14.9 Å². The number of thiazole rings is 1. The van der Waals surface area contributed by atoms with Gasteiger partial charge in [0.2, 0.25) is 10.0 Å². The van der Waals surface area contributed by atoms with Crippen LogP contribution in [0.2, 0.25) is 0 Å². The average Bonchev–Trinajstić information content (AvgIpc) is 3.33. The third kappa shape index (κ3) is 5.31. The Morgan fingerprint density at radius 2 is 2.03 bits per heavy atom. The number of H-pyrrole nitrogens is 1. The molecule has 29 heavy (non-hydrogen) atoms. The van der Waals surface area contributed by atoms with Gasteiger partial charge in [-0.1, -0.05) is 18.2 Å². The van der Waals surface area contributed by atoms with Crippen LogP contribution in [0.25, 0.3) is 10.9 Å². The Morgan fingerprint density at radius 1 is 1.28 bits per heavy atom. The molecule has 0 radical (unpaired) electrons. The maximum Gasteiger partial charge on any atom is 0.234 e. The number of sulfonamides is 1. The fourth-order valence-electron chi connectivity index (χ4n) is 3.85. The molecule has 0 unspecified atom stereocenters. The van der Waals surface area contributed by atoms with Crippen LogP contribution in [-0.2, 0) is 16.4 Å². The van der Waals surface area contributed by atoms with Gasteiger partial charge < -0.3 is 9.88 Å². The second-order valence-electron chi connectivity index (χ2n) is 7.30. The van der Waals surface area contributed by atoms with Gasteiger partial charge in [0.1, 0.15) is 0 Å². The number of piperidine rings is 1. The lowest BCUT2D eigenvalue weighted by molar-refractivity contribution is 0.214. The Hall–Kier alpha value is -1.61. The maximum atomic E-state index is 11.6. The summed E-state index contributed by atoms with van der Waals surface area (Å²) in [5.74, 6) is 0.675. The van der Waals surface area contributed by atoms with Gasteiger partial charge >= 0.3 is 0 Å². The monoisotopic (exact) mass is 454 g/mol. The lowest BCUT2D eigenvalue weighted by Gasteiger charge is -2.31.